The minimum atomic E-state index is -0.132. The Balaban J connectivity index is 1.65. The number of nitrogen functional groups attached to an aromatic ring is 1. The number of fused-ring (bicyclic) bond motifs is 2. The Morgan fingerprint density at radius 1 is 1.35 bits per heavy atom. The second-order valence-electron chi connectivity index (χ2n) is 5.91. The van der Waals surface area contributed by atoms with E-state index in [4.69, 9.17) is 5.73 Å². The van der Waals surface area contributed by atoms with E-state index in [2.05, 4.69) is 24.3 Å². The van der Waals surface area contributed by atoms with Gasteiger partial charge in [-0.2, -0.15) is 0 Å². The molecule has 0 bridgehead atoms. The van der Waals surface area contributed by atoms with Crippen molar-refractivity contribution in [1.82, 2.24) is 24.3 Å². The molecule has 0 saturated heterocycles. The summed E-state index contributed by atoms with van der Waals surface area (Å²) in [4.78, 5) is 25.8. The number of nitrogens with one attached hydrogen (secondary N) is 1. The molecule has 0 aliphatic carbocycles. The first-order valence-electron chi connectivity index (χ1n) is 7.64. The number of hydrogen-bond donors (Lipinski definition) is 2. The monoisotopic (exact) mass is 310 g/mol. The maximum absolute atomic E-state index is 12.1. The highest BCUT2D eigenvalue weighted by atomic mass is 16.1. The summed E-state index contributed by atoms with van der Waals surface area (Å²) >= 11 is 0. The summed E-state index contributed by atoms with van der Waals surface area (Å²) in [5.41, 5.74) is 10.1. The van der Waals surface area contributed by atoms with Crippen LogP contribution < -0.4 is 11.3 Å². The summed E-state index contributed by atoms with van der Waals surface area (Å²) in [6.07, 6.45) is 2.76. The van der Waals surface area contributed by atoms with Crippen molar-refractivity contribution in [1.29, 1.82) is 0 Å². The molecule has 0 atom stereocenters. The van der Waals surface area contributed by atoms with Crippen LogP contribution in [0, 0.1) is 6.92 Å². The fraction of sp³-hybridized carbons (Fsp3) is 0.312. The first kappa shape index (κ1) is 14.0. The van der Waals surface area contributed by atoms with E-state index >= 15 is 0 Å². The van der Waals surface area contributed by atoms with Crippen LogP contribution in [0.15, 0.2) is 29.2 Å². The average Bonchev–Trinajstić information content (AvgIpc) is 2.84. The molecule has 0 amide bonds. The van der Waals surface area contributed by atoms with E-state index in [1.54, 1.807) is 0 Å². The maximum atomic E-state index is 12.1. The molecule has 0 fully saturated rings. The molecular formula is C16H18N6O. The molecule has 0 aromatic carbocycles. The van der Waals surface area contributed by atoms with E-state index in [1.165, 1.54) is 0 Å². The van der Waals surface area contributed by atoms with Gasteiger partial charge < -0.3 is 10.1 Å². The van der Waals surface area contributed by atoms with Crippen LogP contribution >= 0.6 is 0 Å². The van der Waals surface area contributed by atoms with Crippen LogP contribution in [0.2, 0.25) is 0 Å². The topological polar surface area (TPSA) is 92.3 Å². The van der Waals surface area contributed by atoms with Crippen LogP contribution in [0.25, 0.3) is 5.65 Å². The fourth-order valence-electron chi connectivity index (χ4n) is 3.20. The van der Waals surface area contributed by atoms with Crippen LogP contribution in [0.4, 0.5) is 5.95 Å². The number of rotatable bonds is 2. The van der Waals surface area contributed by atoms with Crippen LogP contribution in [0.3, 0.4) is 0 Å². The normalized spacial score (nSPS) is 15.0. The largest absolute Gasteiger partial charge is 0.369 e. The summed E-state index contributed by atoms with van der Waals surface area (Å²) in [6.45, 7) is 4.20. The zero-order valence-corrected chi connectivity index (χ0v) is 12.9. The number of nitrogens with two attached hydrogens (primary N) is 1. The van der Waals surface area contributed by atoms with Crippen molar-refractivity contribution >= 4 is 11.6 Å². The average molecular weight is 310 g/mol. The lowest BCUT2D eigenvalue weighted by Gasteiger charge is -2.27. The van der Waals surface area contributed by atoms with Crippen molar-refractivity contribution in [3.05, 3.63) is 57.4 Å². The molecule has 4 heterocycles. The Morgan fingerprint density at radius 2 is 2.22 bits per heavy atom. The van der Waals surface area contributed by atoms with Crippen molar-refractivity contribution in [2.45, 2.75) is 26.4 Å². The predicted molar refractivity (Wildman–Crippen MR) is 87.0 cm³/mol. The molecule has 23 heavy (non-hydrogen) atoms. The van der Waals surface area contributed by atoms with Crippen molar-refractivity contribution in [2.75, 3.05) is 12.3 Å². The number of pyridine rings is 1. The molecule has 7 nitrogen and oxygen atoms in total. The van der Waals surface area contributed by atoms with Gasteiger partial charge >= 0.3 is 0 Å². The zero-order valence-electron chi connectivity index (χ0n) is 12.9. The minimum absolute atomic E-state index is 0.132. The number of H-pyrrole nitrogens is 1. The predicted octanol–water partition coefficient (Wildman–Crippen LogP) is 0.867. The van der Waals surface area contributed by atoms with Crippen molar-refractivity contribution in [3.63, 3.8) is 0 Å². The highest BCUT2D eigenvalue weighted by Gasteiger charge is 2.22. The molecule has 4 rings (SSSR count). The molecule has 7 heteroatoms. The number of anilines is 1. The number of hydrogen-bond acceptors (Lipinski definition) is 5. The Hall–Kier alpha value is -2.67. The van der Waals surface area contributed by atoms with E-state index in [-0.39, 0.29) is 11.5 Å². The highest BCUT2D eigenvalue weighted by Crippen LogP contribution is 2.19. The van der Waals surface area contributed by atoms with Gasteiger partial charge in [-0.1, -0.05) is 6.07 Å². The van der Waals surface area contributed by atoms with E-state index in [1.807, 2.05) is 31.3 Å². The van der Waals surface area contributed by atoms with E-state index in [0.717, 1.165) is 47.8 Å². The number of aromatic nitrogens is 4. The molecule has 0 saturated carbocycles. The maximum Gasteiger partial charge on any atom is 0.257 e. The van der Waals surface area contributed by atoms with E-state index in [9.17, 15) is 4.79 Å². The molecule has 3 aromatic heterocycles. The van der Waals surface area contributed by atoms with Crippen molar-refractivity contribution < 1.29 is 0 Å². The fourth-order valence-corrected chi connectivity index (χ4v) is 3.20. The Morgan fingerprint density at radius 3 is 3.09 bits per heavy atom. The van der Waals surface area contributed by atoms with Crippen LogP contribution in [0.1, 0.15) is 22.6 Å². The molecule has 1 aliphatic rings. The Kier molecular flexibility index (Phi) is 3.16. The first-order chi connectivity index (χ1) is 11.1. The van der Waals surface area contributed by atoms with Gasteiger partial charge in [0, 0.05) is 32.3 Å². The Bertz CT molecular complexity index is 941. The SMILES string of the molecule is Cc1nc2ccccn2c1CN1CCc2nc(N)[nH]c(=O)c2C1. The smallest absolute Gasteiger partial charge is 0.257 e. The van der Waals surface area contributed by atoms with Crippen LogP contribution in [-0.4, -0.2) is 30.8 Å². The van der Waals surface area contributed by atoms with Gasteiger partial charge in [0.15, 0.2) is 0 Å². The summed E-state index contributed by atoms with van der Waals surface area (Å²) < 4.78 is 2.11. The molecular weight excluding hydrogens is 292 g/mol. The number of aromatic amines is 1. The number of imidazole rings is 1. The third kappa shape index (κ3) is 2.39. The summed E-state index contributed by atoms with van der Waals surface area (Å²) in [7, 11) is 0. The lowest BCUT2D eigenvalue weighted by Crippen LogP contribution is -2.36. The third-order valence-electron chi connectivity index (χ3n) is 4.37. The zero-order chi connectivity index (χ0) is 16.0. The molecule has 118 valence electrons. The van der Waals surface area contributed by atoms with Gasteiger partial charge in [-0.3, -0.25) is 14.7 Å². The summed E-state index contributed by atoms with van der Waals surface area (Å²) in [6, 6.07) is 5.98. The Labute approximate surface area is 132 Å². The van der Waals surface area contributed by atoms with Gasteiger partial charge in [-0.25, -0.2) is 9.97 Å². The van der Waals surface area contributed by atoms with Crippen molar-refractivity contribution in [3.8, 4) is 0 Å². The summed E-state index contributed by atoms with van der Waals surface area (Å²) in [5, 5.41) is 0. The molecule has 0 unspecified atom stereocenters. The number of nitrogens with zero attached hydrogens (tertiary/aromatic N) is 4. The lowest BCUT2D eigenvalue weighted by atomic mass is 10.1. The second kappa shape index (κ2) is 5.20. The first-order valence-corrected chi connectivity index (χ1v) is 7.64. The van der Waals surface area contributed by atoms with Crippen molar-refractivity contribution in [2.24, 2.45) is 0 Å². The van der Waals surface area contributed by atoms with Gasteiger partial charge in [0.05, 0.1) is 22.6 Å². The lowest BCUT2D eigenvalue weighted by molar-refractivity contribution is 0.238. The molecule has 0 radical (unpaired) electrons. The number of aryl methyl sites for hydroxylation is 1. The summed E-state index contributed by atoms with van der Waals surface area (Å²) in [5.74, 6) is 0.194. The third-order valence-corrected chi connectivity index (χ3v) is 4.37. The molecule has 1 aliphatic heterocycles. The quantitative estimate of drug-likeness (QED) is 0.732. The molecule has 3 aromatic rings. The van der Waals surface area contributed by atoms with E-state index < -0.39 is 0 Å². The minimum Gasteiger partial charge on any atom is -0.369 e. The van der Waals surface area contributed by atoms with Gasteiger partial charge in [-0.05, 0) is 19.1 Å². The van der Waals surface area contributed by atoms with E-state index in [0.29, 0.717) is 6.54 Å². The van der Waals surface area contributed by atoms with Gasteiger partial charge in [-0.15, -0.1) is 0 Å². The van der Waals surface area contributed by atoms with Crippen LogP contribution in [-0.2, 0) is 19.5 Å². The highest BCUT2D eigenvalue weighted by molar-refractivity contribution is 5.42. The van der Waals surface area contributed by atoms with Gasteiger partial charge in [0.1, 0.15) is 5.65 Å². The van der Waals surface area contributed by atoms with Gasteiger partial charge in [0.25, 0.3) is 5.56 Å². The van der Waals surface area contributed by atoms with Gasteiger partial charge in [0.2, 0.25) is 5.95 Å². The molecule has 0 spiro atoms. The van der Waals surface area contributed by atoms with Crippen LogP contribution in [0.5, 0.6) is 0 Å². The molecule has 3 N–H and O–H groups in total. The standard InChI is InChI=1S/C16H18N6O/c1-10-13(22-6-3-2-4-14(22)18-10)9-21-7-5-12-11(8-21)15(23)20-16(17)19-12/h2-4,6H,5,7-9H2,1H3,(H3,17,19,20,23). The second-order valence-corrected chi connectivity index (χ2v) is 5.91.